The second kappa shape index (κ2) is 6.27. The fourth-order valence-corrected chi connectivity index (χ4v) is 3.45. The predicted molar refractivity (Wildman–Crippen MR) is 99.4 cm³/mol. The number of carbonyl (C=O) groups excluding carboxylic acids is 1. The Kier molecular flexibility index (Phi) is 3.72. The van der Waals surface area contributed by atoms with Crippen molar-refractivity contribution in [3.8, 4) is 22.6 Å². The molecule has 28 heavy (non-hydrogen) atoms. The van der Waals surface area contributed by atoms with Gasteiger partial charge in [-0.3, -0.25) is 14.6 Å². The lowest BCUT2D eigenvalue weighted by atomic mass is 9.89. The first-order valence-corrected chi connectivity index (χ1v) is 8.89. The van der Waals surface area contributed by atoms with Crippen molar-refractivity contribution in [3.63, 3.8) is 0 Å². The number of ether oxygens (including phenoxy) is 1. The van der Waals surface area contributed by atoms with Crippen molar-refractivity contribution in [2.24, 2.45) is 5.73 Å². The first-order valence-electron chi connectivity index (χ1n) is 8.89. The number of primary amides is 1. The van der Waals surface area contributed by atoms with Crippen LogP contribution in [-0.4, -0.2) is 53.7 Å². The summed E-state index contributed by atoms with van der Waals surface area (Å²) in [6.45, 7) is 0. The Labute approximate surface area is 159 Å². The van der Waals surface area contributed by atoms with Crippen LogP contribution in [0.25, 0.3) is 28.2 Å². The highest BCUT2D eigenvalue weighted by Crippen LogP contribution is 2.35. The summed E-state index contributed by atoms with van der Waals surface area (Å²) in [5.41, 5.74) is 9.11. The van der Waals surface area contributed by atoms with Crippen LogP contribution in [-0.2, 0) is 4.74 Å². The van der Waals surface area contributed by atoms with Crippen LogP contribution in [0.3, 0.4) is 0 Å². The Bertz CT molecular complexity index is 1170. The molecule has 4 aromatic rings. The van der Waals surface area contributed by atoms with Gasteiger partial charge in [0.1, 0.15) is 17.1 Å². The van der Waals surface area contributed by atoms with E-state index in [1.54, 1.807) is 36.3 Å². The number of hydrogen-bond acceptors (Lipinski definition) is 6. The number of methoxy groups -OCH3 is 1. The summed E-state index contributed by atoms with van der Waals surface area (Å²) in [7, 11) is 1.74. The van der Waals surface area contributed by atoms with Gasteiger partial charge in [0, 0.05) is 18.9 Å². The zero-order valence-corrected chi connectivity index (χ0v) is 15.1. The Morgan fingerprint density at radius 3 is 2.89 bits per heavy atom. The second-order valence-electron chi connectivity index (χ2n) is 6.86. The van der Waals surface area contributed by atoms with Gasteiger partial charge in [0.05, 0.1) is 41.9 Å². The molecule has 142 valence electrons. The van der Waals surface area contributed by atoms with Crippen molar-refractivity contribution in [3.05, 3.63) is 42.6 Å². The van der Waals surface area contributed by atoms with Crippen LogP contribution in [0.2, 0.25) is 0 Å². The van der Waals surface area contributed by atoms with Crippen LogP contribution in [0, 0.1) is 0 Å². The number of aromatic nitrogens is 7. The molecule has 1 aliphatic carbocycles. The molecular formula is C18H18N8O2. The predicted octanol–water partition coefficient (Wildman–Crippen LogP) is 1.43. The molecule has 3 N–H and O–H groups in total. The number of hydrogen-bond donors (Lipinski definition) is 2. The highest BCUT2D eigenvalue weighted by atomic mass is 16.5. The third-order valence-corrected chi connectivity index (χ3v) is 5.15. The number of nitrogens with zero attached hydrogens (tertiary/aromatic N) is 6. The minimum atomic E-state index is -0.574. The summed E-state index contributed by atoms with van der Waals surface area (Å²) in [6.07, 6.45) is 9.49. The van der Waals surface area contributed by atoms with Gasteiger partial charge in [-0.2, -0.15) is 15.3 Å². The third kappa shape index (κ3) is 2.65. The topological polar surface area (TPSA) is 129 Å². The molecule has 1 fully saturated rings. The van der Waals surface area contributed by atoms with Crippen LogP contribution in [0.15, 0.2) is 36.9 Å². The molecule has 0 aromatic carbocycles. The fourth-order valence-electron chi connectivity index (χ4n) is 3.45. The second-order valence-corrected chi connectivity index (χ2v) is 6.86. The van der Waals surface area contributed by atoms with Crippen LogP contribution in [0.5, 0.6) is 0 Å². The minimum Gasteiger partial charge on any atom is -0.381 e. The molecule has 0 radical (unpaired) electrons. The average Bonchev–Trinajstić information content (AvgIpc) is 3.39. The average molecular weight is 378 g/mol. The molecule has 1 amide bonds. The van der Waals surface area contributed by atoms with Crippen molar-refractivity contribution in [1.29, 1.82) is 0 Å². The van der Waals surface area contributed by atoms with Crippen molar-refractivity contribution in [2.45, 2.75) is 25.0 Å². The van der Waals surface area contributed by atoms with E-state index in [1.165, 1.54) is 0 Å². The van der Waals surface area contributed by atoms with E-state index < -0.39 is 5.91 Å². The summed E-state index contributed by atoms with van der Waals surface area (Å²) in [4.78, 5) is 16.1. The Balaban J connectivity index is 1.55. The van der Waals surface area contributed by atoms with Crippen molar-refractivity contribution < 1.29 is 9.53 Å². The molecule has 0 aliphatic heterocycles. The SMILES string of the molecule is COC1CC(n2cc(-c3nc(-c4cc(C(N)=O)[nH]n4)cn4nccc34)cn2)C1. The highest BCUT2D eigenvalue weighted by Gasteiger charge is 2.31. The monoisotopic (exact) mass is 378 g/mol. The normalized spacial score (nSPS) is 19.0. The van der Waals surface area contributed by atoms with E-state index in [9.17, 15) is 4.79 Å². The number of amides is 1. The third-order valence-electron chi connectivity index (χ3n) is 5.15. The van der Waals surface area contributed by atoms with Gasteiger partial charge in [0.25, 0.3) is 5.91 Å². The molecule has 0 saturated heterocycles. The first-order chi connectivity index (χ1) is 13.6. The molecule has 5 rings (SSSR count). The lowest BCUT2D eigenvalue weighted by molar-refractivity contribution is 0.00250. The lowest BCUT2D eigenvalue weighted by Gasteiger charge is -2.34. The number of carbonyl (C=O) groups is 1. The summed E-state index contributed by atoms with van der Waals surface area (Å²) in [5, 5.41) is 15.6. The van der Waals surface area contributed by atoms with E-state index in [1.807, 2.05) is 16.9 Å². The first kappa shape index (κ1) is 16.6. The minimum absolute atomic E-state index is 0.226. The Morgan fingerprint density at radius 1 is 1.29 bits per heavy atom. The number of fused-ring (bicyclic) bond motifs is 1. The van der Waals surface area contributed by atoms with Gasteiger partial charge in [-0.1, -0.05) is 0 Å². The Morgan fingerprint density at radius 2 is 2.14 bits per heavy atom. The quantitative estimate of drug-likeness (QED) is 0.540. The standard InChI is InChI=1S/C18H18N8O2/c1-28-12-4-11(5-12)25-8-10(7-21-25)17-16-2-3-20-26(16)9-15(22-17)13-6-14(18(19)27)24-23-13/h2-3,6-9,11-12H,4-5H2,1H3,(H2,19,27)(H,23,24). The van der Waals surface area contributed by atoms with Crippen molar-refractivity contribution >= 4 is 11.4 Å². The van der Waals surface area contributed by atoms with Crippen LogP contribution in [0.1, 0.15) is 29.4 Å². The zero-order chi connectivity index (χ0) is 19.3. The summed E-state index contributed by atoms with van der Waals surface area (Å²) in [6, 6.07) is 3.81. The largest absolute Gasteiger partial charge is 0.381 e. The molecule has 0 atom stereocenters. The van der Waals surface area contributed by atoms with E-state index in [0.29, 0.717) is 23.5 Å². The van der Waals surface area contributed by atoms with E-state index >= 15 is 0 Å². The zero-order valence-electron chi connectivity index (χ0n) is 15.1. The molecule has 1 saturated carbocycles. The van der Waals surface area contributed by atoms with Crippen LogP contribution in [0.4, 0.5) is 0 Å². The molecule has 4 aromatic heterocycles. The van der Waals surface area contributed by atoms with Gasteiger partial charge < -0.3 is 10.5 Å². The van der Waals surface area contributed by atoms with Gasteiger partial charge in [-0.25, -0.2) is 9.50 Å². The summed E-state index contributed by atoms with van der Waals surface area (Å²) < 4.78 is 9.05. The van der Waals surface area contributed by atoms with E-state index in [0.717, 1.165) is 29.6 Å². The molecule has 0 bridgehead atoms. The van der Waals surface area contributed by atoms with Gasteiger partial charge in [-0.15, -0.1) is 0 Å². The maximum Gasteiger partial charge on any atom is 0.266 e. The van der Waals surface area contributed by atoms with Crippen LogP contribution >= 0.6 is 0 Å². The molecule has 10 nitrogen and oxygen atoms in total. The van der Waals surface area contributed by atoms with Crippen LogP contribution < -0.4 is 5.73 Å². The van der Waals surface area contributed by atoms with E-state index in [2.05, 4.69) is 20.4 Å². The number of nitrogens with one attached hydrogen (secondary N) is 1. The van der Waals surface area contributed by atoms with Crippen molar-refractivity contribution in [1.82, 2.24) is 34.6 Å². The van der Waals surface area contributed by atoms with Gasteiger partial charge in [0.2, 0.25) is 0 Å². The maximum absolute atomic E-state index is 11.3. The molecular weight excluding hydrogens is 360 g/mol. The molecule has 4 heterocycles. The Hall–Kier alpha value is -3.53. The number of aromatic amines is 1. The molecule has 0 spiro atoms. The van der Waals surface area contributed by atoms with Gasteiger partial charge in [0.15, 0.2) is 0 Å². The highest BCUT2D eigenvalue weighted by molar-refractivity contribution is 5.91. The summed E-state index contributed by atoms with van der Waals surface area (Å²) >= 11 is 0. The lowest BCUT2D eigenvalue weighted by Crippen LogP contribution is -2.32. The number of nitrogens with two attached hydrogens (primary N) is 1. The molecule has 1 aliphatic rings. The number of H-pyrrole nitrogens is 1. The number of rotatable bonds is 5. The smallest absolute Gasteiger partial charge is 0.266 e. The molecule has 10 heteroatoms. The van der Waals surface area contributed by atoms with Gasteiger partial charge in [-0.05, 0) is 25.0 Å². The van der Waals surface area contributed by atoms with Crippen molar-refractivity contribution in [2.75, 3.05) is 7.11 Å². The van der Waals surface area contributed by atoms with E-state index in [-0.39, 0.29) is 5.69 Å². The van der Waals surface area contributed by atoms with Gasteiger partial charge >= 0.3 is 0 Å². The van der Waals surface area contributed by atoms with E-state index in [4.69, 9.17) is 15.5 Å². The maximum atomic E-state index is 11.3. The molecule has 0 unspecified atom stereocenters. The summed E-state index contributed by atoms with van der Waals surface area (Å²) in [5.74, 6) is -0.574. The fraction of sp³-hybridized carbons (Fsp3) is 0.278.